The summed E-state index contributed by atoms with van der Waals surface area (Å²) in [6.07, 6.45) is 0.783. The highest BCUT2D eigenvalue weighted by atomic mass is 32.1. The van der Waals surface area contributed by atoms with E-state index in [2.05, 4.69) is 20.5 Å². The van der Waals surface area contributed by atoms with Crippen LogP contribution in [0.3, 0.4) is 0 Å². The lowest BCUT2D eigenvalue weighted by Gasteiger charge is -2.36. The molecule has 1 unspecified atom stereocenters. The molecule has 2 saturated heterocycles. The summed E-state index contributed by atoms with van der Waals surface area (Å²) in [7, 11) is 1.59. The lowest BCUT2D eigenvalue weighted by Crippen LogP contribution is -2.44. The molecule has 17 heteroatoms. The number of piperidine rings is 2. The van der Waals surface area contributed by atoms with Crippen molar-refractivity contribution in [1.29, 1.82) is 0 Å². The van der Waals surface area contributed by atoms with Gasteiger partial charge in [0.15, 0.2) is 0 Å². The maximum absolute atomic E-state index is 15.6. The first-order valence-electron chi connectivity index (χ1n) is 18.7. The fourth-order valence-electron chi connectivity index (χ4n) is 8.60. The maximum atomic E-state index is 15.6. The van der Waals surface area contributed by atoms with E-state index >= 15 is 8.78 Å². The zero-order valence-corrected chi connectivity index (χ0v) is 31.1. The number of aromatic nitrogens is 4. The minimum atomic E-state index is -4.73. The average molecular weight is 796 g/mol. The molecular formula is C39H38F5N7O4S. The van der Waals surface area contributed by atoms with E-state index in [1.54, 1.807) is 13.1 Å². The molecule has 0 bridgehead atoms. The second-order valence-corrected chi connectivity index (χ2v) is 16.1. The number of benzene rings is 2. The first-order chi connectivity index (χ1) is 26.7. The van der Waals surface area contributed by atoms with Gasteiger partial charge in [0.05, 0.1) is 31.9 Å². The molecule has 3 amide bonds. The molecule has 3 aliphatic rings. The van der Waals surface area contributed by atoms with Crippen molar-refractivity contribution in [2.75, 3.05) is 25.0 Å². The molecule has 2 N–H and O–H groups in total. The fourth-order valence-corrected chi connectivity index (χ4v) is 9.76. The third kappa shape index (κ3) is 7.22. The molecule has 11 nitrogen and oxygen atoms in total. The van der Waals surface area contributed by atoms with Crippen LogP contribution in [0.2, 0.25) is 0 Å². The fraction of sp³-hybridized carbons (Fsp3) is 0.436. The number of carbonyl (C=O) groups excluding carboxylic acids is 3. The number of pyridine rings is 1. The number of fused-ring (bicyclic) bond motifs is 2. The first kappa shape index (κ1) is 37.9. The normalized spacial score (nSPS) is 21.5. The van der Waals surface area contributed by atoms with Crippen molar-refractivity contribution >= 4 is 56.0 Å². The zero-order chi connectivity index (χ0) is 39.5. The van der Waals surface area contributed by atoms with Gasteiger partial charge in [-0.15, -0.1) is 11.3 Å². The Hall–Kier alpha value is -5.03. The number of rotatable bonds is 7. The Morgan fingerprint density at radius 2 is 1.68 bits per heavy atom. The topological polar surface area (TPSA) is 131 Å². The Kier molecular flexibility index (Phi) is 10.0. The van der Waals surface area contributed by atoms with E-state index in [4.69, 9.17) is 4.98 Å². The van der Waals surface area contributed by atoms with Crippen LogP contribution >= 0.6 is 11.3 Å². The molecule has 1 atom stereocenters. The summed E-state index contributed by atoms with van der Waals surface area (Å²) in [6, 6.07) is 7.69. The molecule has 8 rings (SSSR count). The van der Waals surface area contributed by atoms with Crippen molar-refractivity contribution in [3.63, 3.8) is 0 Å². The molecule has 2 aromatic carbocycles. The van der Waals surface area contributed by atoms with Crippen LogP contribution in [-0.4, -0.2) is 61.4 Å². The molecule has 3 aromatic heterocycles. The van der Waals surface area contributed by atoms with Gasteiger partial charge in [-0.3, -0.25) is 28.8 Å². The summed E-state index contributed by atoms with van der Waals surface area (Å²) < 4.78 is 73.3. The standard InChI is InChI=1S/C39H38F5N7O4S/c1-49-34-28(51(38(49)55)29-11-12-32(52)48-36(29)54)10-9-23(40)33(34)21-13-15-50(16-14-21)19-20-5-7-22(8-6-20)37-47-27-17-24(41)26(18-30(27)56-37)46-35(53)25-3-2-4-31(45-25)39(42,43)44/h2-4,9-10,17-18,20-22,29H,5-8,11-16,19H2,1H3,(H,46,53)(H,48,52,54)/t20-,22-,29?. The van der Waals surface area contributed by atoms with E-state index in [0.717, 1.165) is 68.5 Å². The Morgan fingerprint density at radius 1 is 0.929 bits per heavy atom. The lowest BCUT2D eigenvalue weighted by molar-refractivity contribution is -0.141. The van der Waals surface area contributed by atoms with Crippen LogP contribution in [0.25, 0.3) is 21.3 Å². The minimum Gasteiger partial charge on any atom is -0.318 e. The Balaban J connectivity index is 0.880. The van der Waals surface area contributed by atoms with Crippen LogP contribution in [-0.2, 0) is 22.8 Å². The average Bonchev–Trinajstić information content (AvgIpc) is 3.69. The number of alkyl halides is 3. The zero-order valence-electron chi connectivity index (χ0n) is 30.3. The van der Waals surface area contributed by atoms with Gasteiger partial charge in [-0.2, -0.15) is 13.2 Å². The second kappa shape index (κ2) is 14.8. The van der Waals surface area contributed by atoms with E-state index in [0.29, 0.717) is 45.6 Å². The molecule has 0 radical (unpaired) electrons. The number of likely N-dealkylation sites (tertiary alicyclic amines) is 1. The lowest BCUT2D eigenvalue weighted by atomic mass is 9.81. The Bertz CT molecular complexity index is 2430. The monoisotopic (exact) mass is 795 g/mol. The van der Waals surface area contributed by atoms with E-state index in [9.17, 15) is 32.3 Å². The van der Waals surface area contributed by atoms with E-state index < -0.39 is 46.9 Å². The predicted molar refractivity (Wildman–Crippen MR) is 198 cm³/mol. The van der Waals surface area contributed by atoms with E-state index in [-0.39, 0.29) is 42.1 Å². The van der Waals surface area contributed by atoms with Crippen molar-refractivity contribution in [2.24, 2.45) is 13.0 Å². The van der Waals surface area contributed by atoms with Crippen LogP contribution in [0.5, 0.6) is 0 Å². The number of imide groups is 1. The highest BCUT2D eigenvalue weighted by Gasteiger charge is 2.35. The van der Waals surface area contributed by atoms with Gasteiger partial charge in [0.1, 0.15) is 29.1 Å². The number of amides is 3. The number of nitrogens with zero attached hydrogens (tertiary/aromatic N) is 5. The van der Waals surface area contributed by atoms with Gasteiger partial charge in [0.2, 0.25) is 11.8 Å². The van der Waals surface area contributed by atoms with Gasteiger partial charge in [-0.25, -0.2) is 23.5 Å². The van der Waals surface area contributed by atoms with Crippen molar-refractivity contribution in [3.05, 3.63) is 86.5 Å². The largest absolute Gasteiger partial charge is 0.433 e. The molecule has 294 valence electrons. The van der Waals surface area contributed by atoms with Crippen molar-refractivity contribution < 1.29 is 36.3 Å². The van der Waals surface area contributed by atoms with Gasteiger partial charge in [-0.05, 0) is 100 Å². The summed E-state index contributed by atoms with van der Waals surface area (Å²) in [5.41, 5.74) is -0.375. The number of thiazole rings is 1. The molecule has 1 aliphatic carbocycles. The smallest absolute Gasteiger partial charge is 0.318 e. The van der Waals surface area contributed by atoms with Crippen LogP contribution in [0.15, 0.2) is 47.3 Å². The second-order valence-electron chi connectivity index (χ2n) is 15.0. The molecule has 0 spiro atoms. The third-order valence-corrected chi connectivity index (χ3v) is 12.7. The van der Waals surface area contributed by atoms with Gasteiger partial charge < -0.3 is 10.2 Å². The molecule has 2 aliphatic heterocycles. The number of hydrogen-bond donors (Lipinski definition) is 2. The van der Waals surface area contributed by atoms with Crippen LogP contribution in [0.1, 0.15) is 96.0 Å². The van der Waals surface area contributed by atoms with Crippen LogP contribution < -0.4 is 16.3 Å². The summed E-state index contributed by atoms with van der Waals surface area (Å²) >= 11 is 1.41. The summed E-state index contributed by atoms with van der Waals surface area (Å²) in [5, 5.41) is 5.53. The highest BCUT2D eigenvalue weighted by Crippen LogP contribution is 2.41. The quantitative estimate of drug-likeness (QED) is 0.134. The van der Waals surface area contributed by atoms with Crippen molar-refractivity contribution in [1.82, 2.24) is 29.3 Å². The summed E-state index contributed by atoms with van der Waals surface area (Å²) in [6.45, 7) is 2.45. The number of nitrogens with one attached hydrogen (secondary N) is 2. The maximum Gasteiger partial charge on any atom is 0.433 e. The molecule has 5 heterocycles. The molecule has 5 aromatic rings. The number of carbonyl (C=O) groups is 3. The summed E-state index contributed by atoms with van der Waals surface area (Å²) in [5.74, 6) is -2.46. The first-order valence-corrected chi connectivity index (χ1v) is 19.5. The number of anilines is 1. The van der Waals surface area contributed by atoms with Crippen LogP contribution in [0.4, 0.5) is 27.6 Å². The number of aryl methyl sites for hydroxylation is 1. The minimum absolute atomic E-state index is 0.108. The number of halogens is 5. The molecular weight excluding hydrogens is 758 g/mol. The summed E-state index contributed by atoms with van der Waals surface area (Å²) in [4.78, 5) is 61.0. The molecule has 3 fully saturated rings. The van der Waals surface area contributed by atoms with Gasteiger partial charge in [0, 0.05) is 37.6 Å². The number of imidazole rings is 1. The van der Waals surface area contributed by atoms with Gasteiger partial charge in [-0.1, -0.05) is 6.07 Å². The third-order valence-electron chi connectivity index (χ3n) is 11.5. The SMILES string of the molecule is Cn1c(=O)n(C2CCC(=O)NC2=O)c2ccc(F)c(C3CCN(C[C@H]4CC[C@H](c5nc6cc(F)c(NC(=O)c7cccc(C(F)(F)F)n7)cc6s5)CC4)CC3)c21. The van der Waals surface area contributed by atoms with Crippen molar-refractivity contribution in [3.8, 4) is 0 Å². The van der Waals surface area contributed by atoms with Gasteiger partial charge in [0.25, 0.3) is 5.91 Å². The Morgan fingerprint density at radius 3 is 2.39 bits per heavy atom. The van der Waals surface area contributed by atoms with Crippen molar-refractivity contribution in [2.45, 2.75) is 75.4 Å². The van der Waals surface area contributed by atoms with E-state index in [1.807, 2.05) is 0 Å². The van der Waals surface area contributed by atoms with E-state index in [1.165, 1.54) is 38.7 Å². The Labute approximate surface area is 320 Å². The van der Waals surface area contributed by atoms with Gasteiger partial charge >= 0.3 is 11.9 Å². The van der Waals surface area contributed by atoms with Crippen LogP contribution in [0, 0.1) is 17.6 Å². The molecule has 1 saturated carbocycles. The highest BCUT2D eigenvalue weighted by molar-refractivity contribution is 7.18. The number of hydrogen-bond acceptors (Lipinski definition) is 8. The molecule has 56 heavy (non-hydrogen) atoms. The predicted octanol–water partition coefficient (Wildman–Crippen LogP) is 7.03.